The fourth-order valence-electron chi connectivity index (χ4n) is 3.90. The highest BCUT2D eigenvalue weighted by Gasteiger charge is 2.34. The predicted octanol–water partition coefficient (Wildman–Crippen LogP) is 4.67. The molecule has 1 aliphatic heterocycles. The van der Waals surface area contributed by atoms with Gasteiger partial charge in [0, 0.05) is 28.8 Å². The van der Waals surface area contributed by atoms with Crippen LogP contribution in [-0.2, 0) is 16.6 Å². The molecule has 2 heterocycles. The highest BCUT2D eigenvalue weighted by atomic mass is 32.2. The number of nitro groups is 1. The molecular weight excluding hydrogens is 428 g/mol. The van der Waals surface area contributed by atoms with Gasteiger partial charge in [0.25, 0.3) is 15.7 Å². The van der Waals surface area contributed by atoms with Crippen LogP contribution in [0.15, 0.2) is 77.7 Å². The van der Waals surface area contributed by atoms with Crippen molar-refractivity contribution >= 4 is 21.4 Å². The Bertz CT molecular complexity index is 1440. The monoisotopic (exact) mass is 446 g/mol. The van der Waals surface area contributed by atoms with E-state index in [1.807, 2.05) is 19.1 Å². The molecule has 0 radical (unpaired) electrons. The predicted molar refractivity (Wildman–Crippen MR) is 121 cm³/mol. The smallest absolute Gasteiger partial charge is 0.269 e. The largest absolute Gasteiger partial charge is 0.277 e. The zero-order valence-electron chi connectivity index (χ0n) is 17.0. The van der Waals surface area contributed by atoms with Crippen LogP contribution < -0.4 is 4.31 Å². The maximum Gasteiger partial charge on any atom is 0.269 e. The van der Waals surface area contributed by atoms with Crippen molar-refractivity contribution in [2.75, 3.05) is 4.31 Å². The molecule has 0 amide bonds. The molecule has 0 fully saturated rings. The van der Waals surface area contributed by atoms with Crippen LogP contribution in [0.3, 0.4) is 0 Å². The van der Waals surface area contributed by atoms with Gasteiger partial charge in [0.15, 0.2) is 0 Å². The first-order valence-electron chi connectivity index (χ1n) is 9.87. The highest BCUT2D eigenvalue weighted by Crippen LogP contribution is 2.43. The lowest BCUT2D eigenvalue weighted by molar-refractivity contribution is -0.384. The normalized spacial score (nSPS) is 12.8. The van der Waals surface area contributed by atoms with Crippen LogP contribution in [-0.4, -0.2) is 23.5 Å². The Balaban J connectivity index is 1.64. The van der Waals surface area contributed by atoms with E-state index in [-0.39, 0.29) is 17.1 Å². The number of benzene rings is 3. The van der Waals surface area contributed by atoms with E-state index in [2.05, 4.69) is 10.2 Å². The first-order valence-corrected chi connectivity index (χ1v) is 11.3. The quantitative estimate of drug-likeness (QED) is 0.362. The van der Waals surface area contributed by atoms with Crippen molar-refractivity contribution in [3.8, 4) is 22.5 Å². The summed E-state index contributed by atoms with van der Waals surface area (Å²) in [5, 5.41) is 18.4. The third kappa shape index (κ3) is 3.14. The van der Waals surface area contributed by atoms with Gasteiger partial charge in [0.2, 0.25) is 0 Å². The topological polar surface area (TPSA) is 109 Å². The molecule has 0 spiro atoms. The second kappa shape index (κ2) is 7.31. The average Bonchev–Trinajstić information content (AvgIpc) is 3.23. The molecule has 1 aromatic heterocycles. The van der Waals surface area contributed by atoms with Crippen molar-refractivity contribution in [3.05, 3.63) is 94.0 Å². The number of hydrogen-bond acceptors (Lipinski definition) is 5. The van der Waals surface area contributed by atoms with E-state index in [0.29, 0.717) is 22.5 Å². The number of aryl methyl sites for hydroxylation is 1. The second-order valence-corrected chi connectivity index (χ2v) is 9.43. The summed E-state index contributed by atoms with van der Waals surface area (Å²) in [6.45, 7) is 1.99. The third-order valence-corrected chi connectivity index (χ3v) is 7.35. The maximum atomic E-state index is 13.6. The summed E-state index contributed by atoms with van der Waals surface area (Å²) < 4.78 is 28.6. The minimum Gasteiger partial charge on any atom is -0.277 e. The number of para-hydroxylation sites is 1. The molecule has 0 saturated carbocycles. The van der Waals surface area contributed by atoms with Gasteiger partial charge in [-0.2, -0.15) is 5.10 Å². The zero-order chi connectivity index (χ0) is 22.5. The number of nitrogens with zero attached hydrogens (tertiary/aromatic N) is 3. The number of anilines is 1. The summed E-state index contributed by atoms with van der Waals surface area (Å²) in [5.41, 5.74) is 4.93. The Morgan fingerprint density at radius 2 is 1.69 bits per heavy atom. The first-order chi connectivity index (χ1) is 15.4. The molecule has 3 aromatic carbocycles. The van der Waals surface area contributed by atoms with Gasteiger partial charge in [-0.25, -0.2) is 8.42 Å². The number of hydrogen-bond donors (Lipinski definition) is 1. The molecule has 1 aliphatic rings. The van der Waals surface area contributed by atoms with E-state index in [4.69, 9.17) is 0 Å². The van der Waals surface area contributed by atoms with Crippen molar-refractivity contribution in [1.29, 1.82) is 0 Å². The van der Waals surface area contributed by atoms with Crippen molar-refractivity contribution in [2.24, 2.45) is 0 Å². The van der Waals surface area contributed by atoms with Crippen LogP contribution >= 0.6 is 0 Å². The van der Waals surface area contributed by atoms with Crippen molar-refractivity contribution in [1.82, 2.24) is 10.2 Å². The number of H-pyrrole nitrogens is 1. The van der Waals surface area contributed by atoms with Crippen molar-refractivity contribution < 1.29 is 13.3 Å². The summed E-state index contributed by atoms with van der Waals surface area (Å²) in [6.07, 6.45) is 0. The molecular formula is C23H18N4O4S. The van der Waals surface area contributed by atoms with Gasteiger partial charge in [-0.05, 0) is 37.3 Å². The Kier molecular flexibility index (Phi) is 4.56. The lowest BCUT2D eigenvalue weighted by Crippen LogP contribution is -2.33. The van der Waals surface area contributed by atoms with Gasteiger partial charge in [-0.15, -0.1) is 0 Å². The van der Waals surface area contributed by atoms with E-state index in [1.165, 1.54) is 16.4 Å². The summed E-state index contributed by atoms with van der Waals surface area (Å²) in [6, 6.07) is 20.1. The number of nitrogens with one attached hydrogen (secondary N) is 1. The summed E-state index contributed by atoms with van der Waals surface area (Å²) in [5.74, 6) is 0. The minimum absolute atomic E-state index is 0.0212. The van der Waals surface area contributed by atoms with Crippen LogP contribution in [0.25, 0.3) is 22.5 Å². The van der Waals surface area contributed by atoms with Crippen LogP contribution in [0.4, 0.5) is 11.4 Å². The Morgan fingerprint density at radius 3 is 2.38 bits per heavy atom. The van der Waals surface area contributed by atoms with Crippen LogP contribution in [0, 0.1) is 17.0 Å². The molecule has 8 nitrogen and oxygen atoms in total. The van der Waals surface area contributed by atoms with E-state index in [1.54, 1.807) is 48.5 Å². The van der Waals surface area contributed by atoms with Crippen molar-refractivity contribution in [3.63, 3.8) is 0 Å². The van der Waals surface area contributed by atoms with Gasteiger partial charge in [-0.3, -0.25) is 19.5 Å². The van der Waals surface area contributed by atoms with Gasteiger partial charge in [-0.1, -0.05) is 35.9 Å². The van der Waals surface area contributed by atoms with Crippen LogP contribution in [0.2, 0.25) is 0 Å². The minimum atomic E-state index is -3.83. The van der Waals surface area contributed by atoms with E-state index in [9.17, 15) is 18.5 Å². The van der Waals surface area contributed by atoms with Crippen molar-refractivity contribution in [2.45, 2.75) is 18.4 Å². The fourth-order valence-corrected chi connectivity index (χ4v) is 5.36. The number of sulfonamides is 1. The van der Waals surface area contributed by atoms with Gasteiger partial charge < -0.3 is 0 Å². The lowest BCUT2D eigenvalue weighted by Gasteiger charge is -2.30. The molecule has 0 unspecified atom stereocenters. The second-order valence-electron chi connectivity index (χ2n) is 7.57. The van der Waals surface area contributed by atoms with Gasteiger partial charge in [0.1, 0.15) is 0 Å². The summed E-state index contributed by atoms with van der Waals surface area (Å²) >= 11 is 0. The van der Waals surface area contributed by atoms with E-state index < -0.39 is 14.9 Å². The molecule has 4 aromatic rings. The van der Waals surface area contributed by atoms with E-state index in [0.717, 1.165) is 16.8 Å². The molecule has 0 saturated heterocycles. The molecule has 160 valence electrons. The Morgan fingerprint density at radius 1 is 1.00 bits per heavy atom. The number of non-ortho nitro benzene ring substituents is 1. The number of aromatic nitrogens is 2. The van der Waals surface area contributed by atoms with E-state index >= 15 is 0 Å². The number of fused-ring (bicyclic) bond motifs is 3. The molecule has 1 N–H and O–H groups in total. The fraction of sp³-hybridized carbons (Fsp3) is 0.0870. The van der Waals surface area contributed by atoms with Crippen LogP contribution in [0.5, 0.6) is 0 Å². The standard InChI is InChI=1S/C23H18N4O4S/c1-15-6-12-18(13-7-15)32(30,31)26-14-20-22(16-8-10-17(11-9-16)27(28)29)24-25-23(20)19-4-2-3-5-21(19)26/h2-13H,14H2,1H3,(H,24,25). The number of aromatic amines is 1. The maximum absolute atomic E-state index is 13.6. The average molecular weight is 446 g/mol. The molecule has 9 heteroatoms. The van der Waals surface area contributed by atoms with Crippen LogP contribution in [0.1, 0.15) is 11.1 Å². The summed E-state index contributed by atoms with van der Waals surface area (Å²) in [4.78, 5) is 10.7. The number of nitro benzene ring substituents is 1. The first kappa shape index (κ1) is 20.0. The highest BCUT2D eigenvalue weighted by molar-refractivity contribution is 7.92. The molecule has 5 rings (SSSR count). The Labute approximate surface area is 184 Å². The molecule has 0 bridgehead atoms. The number of rotatable bonds is 4. The molecule has 0 atom stereocenters. The SMILES string of the molecule is Cc1ccc(S(=O)(=O)N2Cc3c(-c4ccc([N+](=O)[O-])cc4)n[nH]c3-c3ccccc32)cc1. The summed E-state index contributed by atoms with van der Waals surface area (Å²) in [7, 11) is -3.83. The lowest BCUT2D eigenvalue weighted by atomic mass is 9.97. The zero-order valence-corrected chi connectivity index (χ0v) is 17.8. The molecule has 32 heavy (non-hydrogen) atoms. The Hall–Kier alpha value is -3.98. The molecule has 0 aliphatic carbocycles. The third-order valence-electron chi connectivity index (χ3n) is 5.57. The van der Waals surface area contributed by atoms with Gasteiger partial charge >= 0.3 is 0 Å². The van der Waals surface area contributed by atoms with Gasteiger partial charge in [0.05, 0.1) is 33.4 Å².